The largest absolute Gasteiger partial charge is 0.341 e. The van der Waals surface area contributed by atoms with E-state index in [9.17, 15) is 18.0 Å². The first-order valence-electron chi connectivity index (χ1n) is 10.1. The molecule has 30 heavy (non-hydrogen) atoms. The Morgan fingerprint density at radius 3 is 2.67 bits per heavy atom. The van der Waals surface area contributed by atoms with E-state index >= 15 is 0 Å². The molecule has 2 aliphatic heterocycles. The smallest absolute Gasteiger partial charge is 0.250 e. The van der Waals surface area contributed by atoms with Gasteiger partial charge in [0.2, 0.25) is 11.8 Å². The number of carbonyl (C=O) groups excluding carboxylic acids is 2. The van der Waals surface area contributed by atoms with Gasteiger partial charge in [-0.1, -0.05) is 17.7 Å². The fourth-order valence-electron chi connectivity index (χ4n) is 4.09. The Balaban J connectivity index is 1.46. The van der Waals surface area contributed by atoms with Crippen molar-refractivity contribution in [3.05, 3.63) is 29.3 Å². The second-order valence-electron chi connectivity index (χ2n) is 7.77. The molecule has 7 nitrogen and oxygen atoms in total. The van der Waals surface area contributed by atoms with E-state index in [-0.39, 0.29) is 16.0 Å². The van der Waals surface area contributed by atoms with Gasteiger partial charge in [-0.05, 0) is 50.8 Å². The summed E-state index contributed by atoms with van der Waals surface area (Å²) >= 11 is 7.27. The number of likely N-dealkylation sites (tertiary alicyclic amines) is 2. The molecule has 10 heteroatoms. The van der Waals surface area contributed by atoms with Crippen LogP contribution in [0.4, 0.5) is 0 Å². The van der Waals surface area contributed by atoms with Crippen molar-refractivity contribution >= 4 is 54.9 Å². The van der Waals surface area contributed by atoms with Gasteiger partial charge in [0, 0.05) is 34.7 Å². The van der Waals surface area contributed by atoms with Crippen LogP contribution in [0.1, 0.15) is 32.6 Å². The highest BCUT2D eigenvalue weighted by molar-refractivity contribution is 7.91. The van der Waals surface area contributed by atoms with Crippen molar-refractivity contribution < 1.29 is 18.0 Å². The van der Waals surface area contributed by atoms with E-state index in [2.05, 4.69) is 4.72 Å². The normalized spacial score (nSPS) is 21.4. The summed E-state index contributed by atoms with van der Waals surface area (Å²) in [6.45, 7) is 3.51. The minimum Gasteiger partial charge on any atom is -0.341 e. The maximum Gasteiger partial charge on any atom is 0.250 e. The maximum atomic E-state index is 12.9. The summed E-state index contributed by atoms with van der Waals surface area (Å²) in [4.78, 5) is 28.9. The summed E-state index contributed by atoms with van der Waals surface area (Å²) in [6, 6.07) is 5.36. The zero-order chi connectivity index (χ0) is 21.5. The lowest BCUT2D eigenvalue weighted by molar-refractivity contribution is -0.143. The van der Waals surface area contributed by atoms with Crippen LogP contribution in [0.25, 0.3) is 10.1 Å². The third-order valence-corrected chi connectivity index (χ3v) is 9.16. The summed E-state index contributed by atoms with van der Waals surface area (Å²) < 4.78 is 29.2. The van der Waals surface area contributed by atoms with Gasteiger partial charge in [0.25, 0.3) is 10.0 Å². The number of hydrogen-bond donors (Lipinski definition) is 1. The molecule has 0 unspecified atom stereocenters. The fraction of sp³-hybridized carbons (Fsp3) is 0.500. The molecule has 2 amide bonds. The summed E-state index contributed by atoms with van der Waals surface area (Å²) in [6.07, 6.45) is 3.41. The Bertz CT molecular complexity index is 1080. The van der Waals surface area contributed by atoms with E-state index in [1.807, 2.05) is 0 Å². The molecule has 0 aliphatic carbocycles. The van der Waals surface area contributed by atoms with Crippen molar-refractivity contribution in [3.8, 4) is 0 Å². The fourth-order valence-corrected chi connectivity index (χ4v) is 7.03. The van der Waals surface area contributed by atoms with Gasteiger partial charge in [-0.25, -0.2) is 8.42 Å². The number of nitrogens with zero attached hydrogens (tertiary/aromatic N) is 2. The van der Waals surface area contributed by atoms with Crippen LogP contribution >= 0.6 is 22.9 Å². The highest BCUT2D eigenvalue weighted by atomic mass is 35.5. The first-order chi connectivity index (χ1) is 14.3. The SMILES string of the molecule is C[C@H](C(=O)N1CCCCC1)N1CC[C@@H](NS(=O)(=O)c2cc3c(Cl)cccc3s2)C1=O. The van der Waals surface area contributed by atoms with Crippen molar-refractivity contribution in [1.29, 1.82) is 0 Å². The van der Waals surface area contributed by atoms with Crippen LogP contribution in [0.2, 0.25) is 5.02 Å². The summed E-state index contributed by atoms with van der Waals surface area (Å²) in [5.41, 5.74) is 0. The van der Waals surface area contributed by atoms with E-state index in [1.54, 1.807) is 30.0 Å². The molecule has 2 saturated heterocycles. The van der Waals surface area contributed by atoms with Gasteiger partial charge in [-0.2, -0.15) is 4.72 Å². The van der Waals surface area contributed by atoms with Crippen LogP contribution < -0.4 is 4.72 Å². The van der Waals surface area contributed by atoms with Crippen LogP contribution in [0.5, 0.6) is 0 Å². The van der Waals surface area contributed by atoms with E-state index in [0.717, 1.165) is 48.4 Å². The zero-order valence-electron chi connectivity index (χ0n) is 16.6. The van der Waals surface area contributed by atoms with Gasteiger partial charge < -0.3 is 9.80 Å². The molecule has 0 radical (unpaired) electrons. The summed E-state index contributed by atoms with van der Waals surface area (Å²) in [5.74, 6) is -0.415. The molecule has 2 fully saturated rings. The molecule has 1 aromatic heterocycles. The third-order valence-electron chi connectivity index (χ3n) is 5.78. The van der Waals surface area contributed by atoms with E-state index < -0.39 is 22.1 Å². The van der Waals surface area contributed by atoms with Crippen molar-refractivity contribution in [3.63, 3.8) is 0 Å². The minimum absolute atomic E-state index is 0.0642. The Kier molecular flexibility index (Phi) is 6.07. The van der Waals surface area contributed by atoms with E-state index in [0.29, 0.717) is 23.4 Å². The zero-order valence-corrected chi connectivity index (χ0v) is 19.0. The molecular weight excluding hydrogens is 446 g/mol. The Labute approximate surface area is 185 Å². The molecule has 2 aliphatic rings. The highest BCUT2D eigenvalue weighted by Gasteiger charge is 2.40. The first kappa shape index (κ1) is 21.5. The molecule has 0 bridgehead atoms. The van der Waals surface area contributed by atoms with E-state index in [1.165, 1.54) is 11.0 Å². The van der Waals surface area contributed by atoms with Gasteiger partial charge in [-0.3, -0.25) is 9.59 Å². The van der Waals surface area contributed by atoms with Crippen molar-refractivity contribution in [1.82, 2.24) is 14.5 Å². The first-order valence-corrected chi connectivity index (χ1v) is 12.8. The average molecular weight is 470 g/mol. The Morgan fingerprint density at radius 2 is 1.97 bits per heavy atom. The summed E-state index contributed by atoms with van der Waals surface area (Å²) in [5, 5.41) is 1.16. The quantitative estimate of drug-likeness (QED) is 0.729. The van der Waals surface area contributed by atoms with Gasteiger partial charge in [0.1, 0.15) is 16.3 Å². The van der Waals surface area contributed by atoms with Crippen LogP contribution in [0, 0.1) is 0 Å². The molecule has 0 saturated carbocycles. The highest BCUT2D eigenvalue weighted by Crippen LogP contribution is 2.33. The number of amides is 2. The molecule has 1 aromatic carbocycles. The molecule has 4 rings (SSSR count). The molecule has 162 valence electrons. The average Bonchev–Trinajstić information content (AvgIpc) is 3.33. The molecule has 2 aromatic rings. The number of fused-ring (bicyclic) bond motifs is 1. The Hall–Kier alpha value is -1.68. The monoisotopic (exact) mass is 469 g/mol. The van der Waals surface area contributed by atoms with Crippen molar-refractivity contribution in [2.45, 2.75) is 48.9 Å². The number of hydrogen-bond acceptors (Lipinski definition) is 5. The van der Waals surface area contributed by atoms with Gasteiger partial charge in [-0.15, -0.1) is 11.3 Å². The maximum absolute atomic E-state index is 12.9. The third kappa shape index (κ3) is 4.08. The molecule has 0 spiro atoms. The lowest BCUT2D eigenvalue weighted by Gasteiger charge is -2.32. The van der Waals surface area contributed by atoms with Crippen molar-refractivity contribution in [2.75, 3.05) is 19.6 Å². The predicted octanol–water partition coefficient (Wildman–Crippen LogP) is 2.83. The number of rotatable bonds is 5. The number of halogens is 1. The Morgan fingerprint density at radius 1 is 1.23 bits per heavy atom. The lowest BCUT2D eigenvalue weighted by atomic mass is 10.1. The second kappa shape index (κ2) is 8.45. The standard InChI is InChI=1S/C20H24ClN3O4S2/c1-13(19(25)23-9-3-2-4-10-23)24-11-8-16(20(24)26)22-30(27,28)18-12-14-15(21)6-5-7-17(14)29-18/h5-7,12-13,16,22H,2-4,8-11H2,1H3/t13-,16-/m1/s1. The van der Waals surface area contributed by atoms with E-state index in [4.69, 9.17) is 11.6 Å². The lowest BCUT2D eigenvalue weighted by Crippen LogP contribution is -2.51. The minimum atomic E-state index is -3.88. The number of thiophene rings is 1. The van der Waals surface area contributed by atoms with Crippen LogP contribution in [0.3, 0.4) is 0 Å². The molecule has 2 atom stereocenters. The summed E-state index contributed by atoms with van der Waals surface area (Å²) in [7, 11) is -3.88. The molecule has 1 N–H and O–H groups in total. The van der Waals surface area contributed by atoms with Crippen LogP contribution in [-0.2, 0) is 19.6 Å². The van der Waals surface area contributed by atoms with Crippen LogP contribution in [-0.4, -0.2) is 61.7 Å². The predicted molar refractivity (Wildman–Crippen MR) is 117 cm³/mol. The number of piperidine rings is 1. The number of nitrogens with one attached hydrogen (secondary N) is 1. The molecular formula is C20H24ClN3O4S2. The number of benzene rings is 1. The van der Waals surface area contributed by atoms with Crippen molar-refractivity contribution in [2.24, 2.45) is 0 Å². The number of carbonyl (C=O) groups is 2. The van der Waals surface area contributed by atoms with Gasteiger partial charge in [0.05, 0.1) is 0 Å². The topological polar surface area (TPSA) is 86.8 Å². The number of sulfonamides is 1. The van der Waals surface area contributed by atoms with Gasteiger partial charge in [0.15, 0.2) is 0 Å². The molecule has 3 heterocycles. The second-order valence-corrected chi connectivity index (χ2v) is 11.2. The van der Waals surface area contributed by atoms with Gasteiger partial charge >= 0.3 is 0 Å². The van der Waals surface area contributed by atoms with Crippen LogP contribution in [0.15, 0.2) is 28.5 Å².